The van der Waals surface area contributed by atoms with Crippen LogP contribution < -0.4 is 25.6 Å². The van der Waals surface area contributed by atoms with Gasteiger partial charge in [0.25, 0.3) is 0 Å². The lowest BCUT2D eigenvalue weighted by molar-refractivity contribution is -0.276. The first-order valence-electron chi connectivity index (χ1n) is 21.7. The molecule has 6 aromatic carbocycles. The molecule has 0 unspecified atom stereocenters. The normalized spacial score (nSPS) is 20.9. The number of carbonyl (C=O) groups is 2. The van der Waals surface area contributed by atoms with Crippen LogP contribution in [0.25, 0.3) is 11.1 Å². The number of anilines is 2. The van der Waals surface area contributed by atoms with E-state index >= 15 is 0 Å². The van der Waals surface area contributed by atoms with Crippen LogP contribution >= 0.6 is 0 Å². The highest BCUT2D eigenvalue weighted by molar-refractivity contribution is 5.93. The van der Waals surface area contributed by atoms with Crippen molar-refractivity contribution in [1.82, 2.24) is 15.5 Å². The number of nitrogens with zero attached hydrogens (tertiary/aromatic N) is 2. The number of likely N-dealkylation sites (tertiary alicyclic amines) is 1. The van der Waals surface area contributed by atoms with Crippen LogP contribution in [-0.4, -0.2) is 59.9 Å². The molecule has 0 bridgehead atoms. The molecule has 4 N–H and O–H groups in total. The Kier molecular flexibility index (Phi) is 12.5. The Morgan fingerprint density at radius 2 is 1.44 bits per heavy atom. The van der Waals surface area contributed by atoms with Crippen LogP contribution in [0.1, 0.15) is 54.4 Å². The van der Waals surface area contributed by atoms with Gasteiger partial charge in [-0.15, -0.1) is 0 Å². The van der Waals surface area contributed by atoms with Gasteiger partial charge < -0.3 is 45.1 Å². The molecule has 4 atom stereocenters. The summed E-state index contributed by atoms with van der Waals surface area (Å²) in [5.74, 6) is 1.55. The summed E-state index contributed by atoms with van der Waals surface area (Å²) < 4.78 is 19.6. The smallest absolute Gasteiger partial charge is 0.319 e. The van der Waals surface area contributed by atoms with Crippen molar-refractivity contribution in [3.05, 3.63) is 180 Å². The van der Waals surface area contributed by atoms with Gasteiger partial charge in [-0.3, -0.25) is 4.79 Å². The van der Waals surface area contributed by atoms with Crippen molar-refractivity contribution in [2.45, 2.75) is 57.0 Å². The molecule has 63 heavy (non-hydrogen) atoms. The van der Waals surface area contributed by atoms with E-state index in [4.69, 9.17) is 14.2 Å². The molecule has 0 aliphatic carbocycles. The summed E-state index contributed by atoms with van der Waals surface area (Å²) in [5, 5.41) is 18.8. The molecular weight excluding hydrogens is 791 g/mol. The molecule has 0 saturated carbocycles. The van der Waals surface area contributed by atoms with Crippen LogP contribution in [0.5, 0.6) is 11.5 Å². The van der Waals surface area contributed by atoms with E-state index in [1.54, 1.807) is 0 Å². The Labute approximate surface area is 368 Å². The summed E-state index contributed by atoms with van der Waals surface area (Å²) in [6.45, 7) is 5.25. The van der Waals surface area contributed by atoms with Gasteiger partial charge in [0, 0.05) is 49.0 Å². The molecule has 9 rings (SSSR count). The Morgan fingerprint density at radius 1 is 0.762 bits per heavy atom. The lowest BCUT2D eigenvalue weighted by Crippen LogP contribution is -2.57. The van der Waals surface area contributed by atoms with Crippen LogP contribution in [0.3, 0.4) is 0 Å². The fourth-order valence-corrected chi connectivity index (χ4v) is 9.03. The minimum absolute atomic E-state index is 0.0188. The third kappa shape index (κ3) is 9.47. The average Bonchev–Trinajstić information content (AvgIpc) is 3.65. The molecule has 3 amide bonds. The first-order chi connectivity index (χ1) is 30.8. The van der Waals surface area contributed by atoms with E-state index in [1.807, 2.05) is 121 Å². The van der Waals surface area contributed by atoms with E-state index in [-0.39, 0.29) is 36.7 Å². The van der Waals surface area contributed by atoms with Gasteiger partial charge in [0.2, 0.25) is 5.91 Å². The molecule has 6 aromatic rings. The maximum atomic E-state index is 13.4. The maximum absolute atomic E-state index is 13.4. The van der Waals surface area contributed by atoms with Gasteiger partial charge in [0.1, 0.15) is 17.0 Å². The highest BCUT2D eigenvalue weighted by atomic mass is 16.7. The van der Waals surface area contributed by atoms with E-state index in [9.17, 15) is 14.7 Å². The first kappa shape index (κ1) is 41.8. The molecule has 3 fully saturated rings. The van der Waals surface area contributed by atoms with Crippen molar-refractivity contribution >= 4 is 23.3 Å². The van der Waals surface area contributed by atoms with E-state index in [1.165, 1.54) is 0 Å². The molecule has 11 nitrogen and oxygen atoms in total. The number of ether oxygens (including phenoxy) is 3. The molecular formula is C52H53N5O6. The maximum Gasteiger partial charge on any atom is 0.319 e. The second-order valence-electron chi connectivity index (χ2n) is 16.7. The number of benzene rings is 6. The molecule has 3 aliphatic rings. The molecule has 322 valence electrons. The van der Waals surface area contributed by atoms with Crippen molar-refractivity contribution < 1.29 is 28.9 Å². The van der Waals surface area contributed by atoms with E-state index < -0.39 is 11.8 Å². The second-order valence-corrected chi connectivity index (χ2v) is 16.7. The number of carbonyl (C=O) groups excluding carboxylic acids is 2. The predicted octanol–water partition coefficient (Wildman–Crippen LogP) is 9.18. The third-order valence-electron chi connectivity index (χ3n) is 12.6. The Morgan fingerprint density at radius 3 is 2.17 bits per heavy atom. The summed E-state index contributed by atoms with van der Waals surface area (Å²) in [4.78, 5) is 31.0. The Balaban J connectivity index is 0.870. The lowest BCUT2D eigenvalue weighted by atomic mass is 9.84. The molecule has 3 heterocycles. The Bertz CT molecular complexity index is 2480. The highest BCUT2D eigenvalue weighted by Crippen LogP contribution is 2.43. The number of nitrogens with one attached hydrogen (secondary N) is 3. The zero-order valence-electron chi connectivity index (χ0n) is 35.4. The Hall–Kier alpha value is -6.50. The van der Waals surface area contributed by atoms with Crippen molar-refractivity contribution in [2.75, 3.05) is 36.5 Å². The summed E-state index contributed by atoms with van der Waals surface area (Å²) in [5.41, 5.74) is 6.90. The molecule has 0 aromatic heterocycles. The van der Waals surface area contributed by atoms with Crippen LogP contribution in [0, 0.1) is 5.92 Å². The van der Waals surface area contributed by atoms with Gasteiger partial charge in [-0.25, -0.2) is 4.79 Å². The topological polar surface area (TPSA) is 125 Å². The number of hydrogen-bond donors (Lipinski definition) is 4. The van der Waals surface area contributed by atoms with Crippen LogP contribution in [-0.2, 0) is 27.4 Å². The predicted molar refractivity (Wildman–Crippen MR) is 244 cm³/mol. The van der Waals surface area contributed by atoms with Gasteiger partial charge in [0.05, 0.1) is 25.5 Å². The zero-order chi connectivity index (χ0) is 43.2. The molecule has 3 saturated heterocycles. The molecule has 1 spiro atoms. The molecule has 0 radical (unpaired) electrons. The standard InChI is InChI=1S/C52H53N5O6/c1-36-47(33-56-28-26-52(27-29-56)50(59)54-35-57(52)44-14-4-2-5-15-44)62-49(63-48(36)39-20-18-37(34-58)19-21-39)42-13-9-12-41(31-42)40-11-8-10-38(30-40)32-53-51(60)55-43-22-24-46(25-23-43)61-45-16-6-3-7-17-45/h2-25,30-31,36,47-49,58H,26-29,32-35H2,1H3,(H,54,59)(H2,53,55,60)/t36-,47+,48+,49+/m1/s1. The van der Waals surface area contributed by atoms with E-state index in [2.05, 4.69) is 69.1 Å². The highest BCUT2D eigenvalue weighted by Gasteiger charge is 2.51. The van der Waals surface area contributed by atoms with Crippen molar-refractivity contribution in [1.29, 1.82) is 0 Å². The van der Waals surface area contributed by atoms with Crippen molar-refractivity contribution in [3.8, 4) is 22.6 Å². The minimum atomic E-state index is -0.633. The fourth-order valence-electron chi connectivity index (χ4n) is 9.03. The number of para-hydroxylation sites is 2. The second kappa shape index (κ2) is 18.9. The number of hydrogen-bond acceptors (Lipinski definition) is 8. The number of urea groups is 1. The van der Waals surface area contributed by atoms with E-state index in [0.29, 0.717) is 31.2 Å². The zero-order valence-corrected chi connectivity index (χ0v) is 35.4. The van der Waals surface area contributed by atoms with Gasteiger partial charge >= 0.3 is 6.03 Å². The number of aliphatic hydroxyl groups is 1. The molecule has 11 heteroatoms. The van der Waals surface area contributed by atoms with Crippen LogP contribution in [0.4, 0.5) is 16.2 Å². The molecule has 3 aliphatic heterocycles. The minimum Gasteiger partial charge on any atom is -0.457 e. The van der Waals surface area contributed by atoms with Gasteiger partial charge in [-0.2, -0.15) is 0 Å². The van der Waals surface area contributed by atoms with Crippen LogP contribution in [0.2, 0.25) is 0 Å². The number of piperidine rings is 1. The van der Waals surface area contributed by atoms with Gasteiger partial charge in [-0.05, 0) is 101 Å². The largest absolute Gasteiger partial charge is 0.457 e. The summed E-state index contributed by atoms with van der Waals surface area (Å²) >= 11 is 0. The fraction of sp³-hybridized carbons (Fsp3) is 0.269. The van der Waals surface area contributed by atoms with E-state index in [0.717, 1.165) is 70.7 Å². The number of aliphatic hydroxyl groups excluding tert-OH is 1. The SMILES string of the molecule is C[C@@H]1[C@H](CN2CCC3(CC2)C(=O)NCN3c2ccccc2)O[C@H](c2cccc(-c3cccc(CNC(=O)Nc4ccc(Oc5ccccc5)cc4)c3)c2)O[C@@H]1c1ccc(CO)cc1. The first-order valence-corrected chi connectivity index (χ1v) is 21.7. The average molecular weight is 844 g/mol. The summed E-state index contributed by atoms with van der Waals surface area (Å²) in [7, 11) is 0. The van der Waals surface area contributed by atoms with Crippen molar-refractivity contribution in [3.63, 3.8) is 0 Å². The number of amides is 3. The van der Waals surface area contributed by atoms with Crippen molar-refractivity contribution in [2.24, 2.45) is 5.92 Å². The number of rotatable bonds is 12. The van der Waals surface area contributed by atoms with Gasteiger partial charge in [0.15, 0.2) is 6.29 Å². The monoisotopic (exact) mass is 843 g/mol. The van der Waals surface area contributed by atoms with Crippen LogP contribution in [0.15, 0.2) is 158 Å². The van der Waals surface area contributed by atoms with Gasteiger partial charge in [-0.1, -0.05) is 104 Å². The third-order valence-corrected chi connectivity index (χ3v) is 12.6. The lowest BCUT2D eigenvalue weighted by Gasteiger charge is -2.46. The summed E-state index contributed by atoms with van der Waals surface area (Å²) in [6.07, 6.45) is 0.401. The quantitative estimate of drug-likeness (QED) is 0.0962. The summed E-state index contributed by atoms with van der Waals surface area (Å²) in [6, 6.07) is 51.1.